The van der Waals surface area contributed by atoms with Gasteiger partial charge in [0.15, 0.2) is 6.61 Å². The van der Waals surface area contributed by atoms with Gasteiger partial charge in [0.2, 0.25) is 0 Å². The number of hydrogen-bond donors (Lipinski definition) is 2. The van der Waals surface area contributed by atoms with E-state index in [9.17, 15) is 4.79 Å². The van der Waals surface area contributed by atoms with E-state index in [0.717, 1.165) is 0 Å². The Kier molecular flexibility index (Phi) is 5.34. The second kappa shape index (κ2) is 6.76. The zero-order valence-corrected chi connectivity index (χ0v) is 11.1. The Morgan fingerprint density at radius 1 is 1.42 bits per heavy atom. The molecule has 0 bridgehead atoms. The number of nitrogens with one attached hydrogen (secondary N) is 1. The van der Waals surface area contributed by atoms with Gasteiger partial charge in [-0.15, -0.1) is 0 Å². The summed E-state index contributed by atoms with van der Waals surface area (Å²) in [5.74, 6) is 0.289. The van der Waals surface area contributed by atoms with Gasteiger partial charge in [0.25, 0.3) is 5.91 Å². The number of aliphatic hydroxyl groups is 1. The molecule has 5 heteroatoms. The van der Waals surface area contributed by atoms with Crippen LogP contribution < -0.4 is 10.1 Å². The summed E-state index contributed by atoms with van der Waals surface area (Å²) in [5, 5.41) is 20.3. The summed E-state index contributed by atoms with van der Waals surface area (Å²) in [7, 11) is 0. The zero-order chi connectivity index (χ0) is 14.3. The Balaban J connectivity index is 2.43. The van der Waals surface area contributed by atoms with Crippen molar-refractivity contribution in [3.63, 3.8) is 0 Å². The first-order valence-electron chi connectivity index (χ1n) is 6.02. The lowest BCUT2D eigenvalue weighted by Gasteiger charge is -2.25. The predicted molar refractivity (Wildman–Crippen MR) is 70.6 cm³/mol. The van der Waals surface area contributed by atoms with Crippen LogP contribution in [0.1, 0.15) is 25.8 Å². The number of carbonyl (C=O) groups is 1. The molecule has 0 aliphatic carbocycles. The highest BCUT2D eigenvalue weighted by molar-refractivity contribution is 5.78. The van der Waals surface area contributed by atoms with Gasteiger partial charge in [0.1, 0.15) is 5.75 Å². The third-order valence-corrected chi connectivity index (χ3v) is 2.57. The summed E-state index contributed by atoms with van der Waals surface area (Å²) in [6.45, 7) is 3.59. The van der Waals surface area contributed by atoms with Crippen molar-refractivity contribution >= 4 is 5.91 Å². The highest BCUT2D eigenvalue weighted by Gasteiger charge is 2.19. The molecule has 0 radical (unpaired) electrons. The lowest BCUT2D eigenvalue weighted by molar-refractivity contribution is -0.124. The first kappa shape index (κ1) is 15.0. The lowest BCUT2D eigenvalue weighted by Crippen LogP contribution is -2.46. The number of benzene rings is 1. The molecule has 5 nitrogen and oxygen atoms in total. The number of aliphatic hydroxyl groups excluding tert-OH is 1. The Morgan fingerprint density at radius 2 is 2.05 bits per heavy atom. The van der Waals surface area contributed by atoms with Crippen molar-refractivity contribution < 1.29 is 14.6 Å². The molecule has 0 saturated carbocycles. The van der Waals surface area contributed by atoms with Crippen LogP contribution in [-0.2, 0) is 4.79 Å². The van der Waals surface area contributed by atoms with E-state index in [4.69, 9.17) is 15.1 Å². The molecule has 19 heavy (non-hydrogen) atoms. The summed E-state index contributed by atoms with van der Waals surface area (Å²) < 4.78 is 5.31. The van der Waals surface area contributed by atoms with E-state index < -0.39 is 5.54 Å². The fourth-order valence-electron chi connectivity index (χ4n) is 1.53. The van der Waals surface area contributed by atoms with Crippen LogP contribution in [0.25, 0.3) is 0 Å². The monoisotopic (exact) mass is 262 g/mol. The molecule has 0 aliphatic heterocycles. The van der Waals surface area contributed by atoms with Crippen LogP contribution in [0, 0.1) is 11.3 Å². The quantitative estimate of drug-likeness (QED) is 0.807. The summed E-state index contributed by atoms with van der Waals surface area (Å²) in [6.07, 6.45) is 0.482. The van der Waals surface area contributed by atoms with Crippen molar-refractivity contribution in [1.82, 2.24) is 5.32 Å². The number of rotatable bonds is 6. The van der Waals surface area contributed by atoms with Crippen molar-refractivity contribution in [1.29, 1.82) is 5.26 Å². The van der Waals surface area contributed by atoms with Crippen LogP contribution in [-0.4, -0.2) is 29.8 Å². The third-order valence-electron chi connectivity index (χ3n) is 2.57. The number of amides is 1. The second-order valence-electron chi connectivity index (χ2n) is 4.83. The van der Waals surface area contributed by atoms with Crippen LogP contribution in [0.4, 0.5) is 0 Å². The summed E-state index contributed by atoms with van der Waals surface area (Å²) in [6, 6.07) is 8.55. The first-order valence-corrected chi connectivity index (χ1v) is 6.02. The number of ether oxygens (including phenoxy) is 1. The molecule has 0 fully saturated rings. The maximum Gasteiger partial charge on any atom is 0.258 e. The first-order chi connectivity index (χ1) is 8.96. The van der Waals surface area contributed by atoms with Crippen LogP contribution in [0.3, 0.4) is 0 Å². The largest absolute Gasteiger partial charge is 0.484 e. The van der Waals surface area contributed by atoms with E-state index in [1.807, 2.05) is 19.9 Å². The van der Waals surface area contributed by atoms with Crippen molar-refractivity contribution in [3.8, 4) is 11.8 Å². The van der Waals surface area contributed by atoms with E-state index in [1.165, 1.54) is 0 Å². The Labute approximate surface area is 112 Å². The molecule has 102 valence electrons. The van der Waals surface area contributed by atoms with Gasteiger partial charge in [-0.05, 0) is 44.5 Å². The van der Waals surface area contributed by atoms with Gasteiger partial charge < -0.3 is 15.2 Å². The molecule has 0 aliphatic rings. The molecule has 1 aromatic rings. The minimum atomic E-state index is -0.458. The number of hydrogen-bond acceptors (Lipinski definition) is 4. The minimum Gasteiger partial charge on any atom is -0.484 e. The Morgan fingerprint density at radius 3 is 2.58 bits per heavy atom. The van der Waals surface area contributed by atoms with Gasteiger partial charge in [0, 0.05) is 12.1 Å². The second-order valence-corrected chi connectivity index (χ2v) is 4.83. The summed E-state index contributed by atoms with van der Waals surface area (Å²) in [5.41, 5.74) is 0.0840. The van der Waals surface area contributed by atoms with Crippen LogP contribution >= 0.6 is 0 Å². The number of nitrogens with zero attached hydrogens (tertiary/aromatic N) is 1. The SMILES string of the molecule is CC(C)(CCO)NC(=O)COc1ccc(C#N)cc1. The summed E-state index contributed by atoms with van der Waals surface area (Å²) in [4.78, 5) is 11.7. The average molecular weight is 262 g/mol. The zero-order valence-electron chi connectivity index (χ0n) is 11.1. The van der Waals surface area contributed by atoms with Crippen molar-refractivity contribution in [3.05, 3.63) is 29.8 Å². The van der Waals surface area contributed by atoms with Gasteiger partial charge in [0.05, 0.1) is 11.6 Å². The number of carbonyl (C=O) groups excluding carboxylic acids is 1. The highest BCUT2D eigenvalue weighted by atomic mass is 16.5. The van der Waals surface area contributed by atoms with Crippen molar-refractivity contribution in [2.75, 3.05) is 13.2 Å². The molecular formula is C14H18N2O3. The maximum atomic E-state index is 11.7. The van der Waals surface area contributed by atoms with E-state index in [2.05, 4.69) is 5.32 Å². The molecule has 0 aromatic heterocycles. The van der Waals surface area contributed by atoms with Gasteiger partial charge >= 0.3 is 0 Å². The van der Waals surface area contributed by atoms with E-state index in [1.54, 1.807) is 24.3 Å². The molecule has 0 spiro atoms. The van der Waals surface area contributed by atoms with Crippen molar-refractivity contribution in [2.45, 2.75) is 25.8 Å². The van der Waals surface area contributed by atoms with Crippen LogP contribution in [0.15, 0.2) is 24.3 Å². The fraction of sp³-hybridized carbons (Fsp3) is 0.429. The van der Waals surface area contributed by atoms with E-state index in [0.29, 0.717) is 17.7 Å². The van der Waals surface area contributed by atoms with E-state index >= 15 is 0 Å². The third kappa shape index (κ3) is 5.40. The van der Waals surface area contributed by atoms with Crippen LogP contribution in [0.2, 0.25) is 0 Å². The molecule has 0 atom stereocenters. The fourth-order valence-corrected chi connectivity index (χ4v) is 1.53. The molecule has 1 amide bonds. The highest BCUT2D eigenvalue weighted by Crippen LogP contribution is 2.12. The van der Waals surface area contributed by atoms with Gasteiger partial charge in [-0.3, -0.25) is 4.79 Å². The van der Waals surface area contributed by atoms with Gasteiger partial charge in [-0.1, -0.05) is 0 Å². The minimum absolute atomic E-state index is 0.0176. The lowest BCUT2D eigenvalue weighted by atomic mass is 10.0. The Hall–Kier alpha value is -2.06. The molecule has 0 saturated heterocycles. The topological polar surface area (TPSA) is 82.3 Å². The molecule has 2 N–H and O–H groups in total. The standard InChI is InChI=1S/C14H18N2O3/c1-14(2,7-8-17)16-13(18)10-19-12-5-3-11(9-15)4-6-12/h3-6,17H,7-8,10H2,1-2H3,(H,16,18). The normalized spacial score (nSPS) is 10.6. The summed E-state index contributed by atoms with van der Waals surface area (Å²) >= 11 is 0. The van der Waals surface area contributed by atoms with Crippen molar-refractivity contribution in [2.24, 2.45) is 0 Å². The predicted octanol–water partition coefficient (Wildman–Crippen LogP) is 1.21. The Bertz CT molecular complexity index is 461. The maximum absolute atomic E-state index is 11.7. The average Bonchev–Trinajstić information content (AvgIpc) is 2.36. The van der Waals surface area contributed by atoms with Gasteiger partial charge in [-0.2, -0.15) is 5.26 Å². The van der Waals surface area contributed by atoms with Gasteiger partial charge in [-0.25, -0.2) is 0 Å². The molecule has 0 unspecified atom stereocenters. The van der Waals surface area contributed by atoms with E-state index in [-0.39, 0.29) is 19.1 Å². The number of nitriles is 1. The molecule has 1 rings (SSSR count). The smallest absolute Gasteiger partial charge is 0.258 e. The molecule has 1 aromatic carbocycles. The molecular weight excluding hydrogens is 244 g/mol. The van der Waals surface area contributed by atoms with Crippen LogP contribution in [0.5, 0.6) is 5.75 Å². The molecule has 0 heterocycles.